The van der Waals surface area contributed by atoms with E-state index in [4.69, 9.17) is 14.8 Å². The number of nitrogens with one attached hydrogen (secondary N) is 1. The maximum absolute atomic E-state index is 13.3. The molecule has 1 unspecified atom stereocenters. The summed E-state index contributed by atoms with van der Waals surface area (Å²) in [6.45, 7) is 6.32. The Balaban J connectivity index is 1.69. The molecule has 3 aromatic rings. The largest absolute Gasteiger partial charge is 0.497 e. The number of ketones is 1. The standard InChI is InChI=1S/C25H26N4O2/c1-15-7-5-9-17(11-15)23-27-24-26-19-13-25(2,3)14-20(30)21(19)22(29(24)28-23)16-8-6-10-18(12-16)31-4/h5-12,22H,13-14H2,1-4H3,(H,26,27,28). The number of ether oxygens (including phenoxy) is 1. The first-order valence-corrected chi connectivity index (χ1v) is 10.6. The van der Waals surface area contributed by atoms with Crippen molar-refractivity contribution in [1.29, 1.82) is 0 Å². The van der Waals surface area contributed by atoms with Crippen molar-refractivity contribution in [2.75, 3.05) is 12.4 Å². The number of hydrogen-bond acceptors (Lipinski definition) is 5. The van der Waals surface area contributed by atoms with Crippen LogP contribution in [-0.2, 0) is 4.79 Å². The number of hydrogen-bond donors (Lipinski definition) is 1. The zero-order chi connectivity index (χ0) is 21.8. The van der Waals surface area contributed by atoms with E-state index in [0.29, 0.717) is 18.2 Å². The molecule has 1 aliphatic heterocycles. The van der Waals surface area contributed by atoms with E-state index in [0.717, 1.165) is 40.1 Å². The molecule has 158 valence electrons. The van der Waals surface area contributed by atoms with Gasteiger partial charge in [0.15, 0.2) is 11.6 Å². The maximum Gasteiger partial charge on any atom is 0.226 e. The van der Waals surface area contributed by atoms with Gasteiger partial charge in [0.05, 0.1) is 7.11 Å². The molecule has 0 bridgehead atoms. The molecule has 31 heavy (non-hydrogen) atoms. The third-order valence-corrected chi connectivity index (χ3v) is 6.02. The third-order valence-electron chi connectivity index (χ3n) is 6.02. The van der Waals surface area contributed by atoms with Crippen molar-refractivity contribution < 1.29 is 9.53 Å². The lowest BCUT2D eigenvalue weighted by Crippen LogP contribution is -2.36. The number of allylic oxidation sites excluding steroid dienone is 2. The van der Waals surface area contributed by atoms with Crippen molar-refractivity contribution in [3.05, 3.63) is 70.9 Å². The minimum atomic E-state index is -0.337. The lowest BCUT2D eigenvalue weighted by atomic mass is 9.73. The SMILES string of the molecule is COc1cccc(C2C3=C(CC(C)(C)CC3=O)Nc3nc(-c4cccc(C)c4)nn32)c1. The molecule has 0 fully saturated rings. The van der Waals surface area contributed by atoms with Gasteiger partial charge in [-0.05, 0) is 42.5 Å². The van der Waals surface area contributed by atoms with Gasteiger partial charge < -0.3 is 10.1 Å². The predicted molar refractivity (Wildman–Crippen MR) is 120 cm³/mol. The van der Waals surface area contributed by atoms with Crippen LogP contribution >= 0.6 is 0 Å². The molecule has 0 saturated carbocycles. The first kappa shape index (κ1) is 19.5. The second-order valence-corrected chi connectivity index (χ2v) is 9.21. The molecule has 1 aliphatic carbocycles. The fourth-order valence-corrected chi connectivity index (χ4v) is 4.64. The second-order valence-electron chi connectivity index (χ2n) is 9.21. The predicted octanol–water partition coefficient (Wildman–Crippen LogP) is 4.92. The number of nitrogens with zero attached hydrogens (tertiary/aromatic N) is 3. The number of carbonyl (C=O) groups is 1. The van der Waals surface area contributed by atoms with Crippen LogP contribution in [-0.4, -0.2) is 27.7 Å². The monoisotopic (exact) mass is 414 g/mol. The smallest absolute Gasteiger partial charge is 0.226 e. The number of aryl methyl sites for hydroxylation is 1. The van der Waals surface area contributed by atoms with Crippen LogP contribution in [0.15, 0.2) is 59.8 Å². The maximum atomic E-state index is 13.3. The first-order chi connectivity index (χ1) is 14.8. The Morgan fingerprint density at radius 3 is 2.71 bits per heavy atom. The van der Waals surface area contributed by atoms with E-state index < -0.39 is 0 Å². The summed E-state index contributed by atoms with van der Waals surface area (Å²) in [4.78, 5) is 18.1. The number of methoxy groups -OCH3 is 1. The van der Waals surface area contributed by atoms with Crippen LogP contribution in [0.2, 0.25) is 0 Å². The van der Waals surface area contributed by atoms with Crippen molar-refractivity contribution in [2.24, 2.45) is 5.41 Å². The zero-order valence-corrected chi connectivity index (χ0v) is 18.3. The summed E-state index contributed by atoms with van der Waals surface area (Å²) in [5, 5.41) is 8.29. The van der Waals surface area contributed by atoms with E-state index >= 15 is 0 Å². The summed E-state index contributed by atoms with van der Waals surface area (Å²) in [6, 6.07) is 15.7. The van der Waals surface area contributed by atoms with Gasteiger partial charge in [0.1, 0.15) is 11.8 Å². The molecule has 1 N–H and O–H groups in total. The molecule has 0 spiro atoms. The highest BCUT2D eigenvalue weighted by Crippen LogP contribution is 2.46. The zero-order valence-electron chi connectivity index (χ0n) is 18.3. The fraction of sp³-hybridized carbons (Fsp3) is 0.320. The number of fused-ring (bicyclic) bond motifs is 1. The van der Waals surface area contributed by atoms with Crippen molar-refractivity contribution in [2.45, 2.75) is 39.7 Å². The summed E-state index contributed by atoms with van der Waals surface area (Å²) >= 11 is 0. The first-order valence-electron chi connectivity index (χ1n) is 10.6. The van der Waals surface area contributed by atoms with E-state index in [1.54, 1.807) is 7.11 Å². The highest BCUT2D eigenvalue weighted by molar-refractivity contribution is 6.00. The summed E-state index contributed by atoms with van der Waals surface area (Å²) < 4.78 is 7.30. The number of rotatable bonds is 3. The van der Waals surface area contributed by atoms with Crippen LogP contribution in [0, 0.1) is 12.3 Å². The Kier molecular flexibility index (Phi) is 4.46. The van der Waals surface area contributed by atoms with Gasteiger partial charge in [0.25, 0.3) is 0 Å². The fourth-order valence-electron chi connectivity index (χ4n) is 4.64. The minimum absolute atomic E-state index is 0.0938. The summed E-state index contributed by atoms with van der Waals surface area (Å²) in [6.07, 6.45) is 1.31. The van der Waals surface area contributed by atoms with Crippen molar-refractivity contribution >= 4 is 11.7 Å². The Bertz CT molecular complexity index is 1220. The quantitative estimate of drug-likeness (QED) is 0.659. The van der Waals surface area contributed by atoms with Gasteiger partial charge in [0.2, 0.25) is 5.95 Å². The van der Waals surface area contributed by atoms with Crippen LogP contribution in [0.3, 0.4) is 0 Å². The summed E-state index contributed by atoms with van der Waals surface area (Å²) in [5.41, 5.74) is 4.70. The molecule has 6 heteroatoms. The van der Waals surface area contributed by atoms with Crippen LogP contribution in [0.4, 0.5) is 5.95 Å². The van der Waals surface area contributed by atoms with E-state index in [9.17, 15) is 4.79 Å². The van der Waals surface area contributed by atoms with Gasteiger partial charge in [-0.2, -0.15) is 4.98 Å². The van der Waals surface area contributed by atoms with Gasteiger partial charge >= 0.3 is 0 Å². The van der Waals surface area contributed by atoms with Gasteiger partial charge in [-0.3, -0.25) is 4.79 Å². The van der Waals surface area contributed by atoms with E-state index in [1.807, 2.05) is 41.1 Å². The number of benzene rings is 2. The van der Waals surface area contributed by atoms with E-state index in [2.05, 4.69) is 38.2 Å². The number of anilines is 1. The normalized spacial score (nSPS) is 19.5. The van der Waals surface area contributed by atoms with Crippen LogP contribution in [0.25, 0.3) is 11.4 Å². The summed E-state index contributed by atoms with van der Waals surface area (Å²) in [7, 11) is 1.65. The van der Waals surface area contributed by atoms with E-state index in [-0.39, 0.29) is 17.2 Å². The number of Topliss-reactive ketones (excluding diaryl/α,β-unsaturated/α-hetero) is 1. The number of aromatic nitrogens is 3. The molecule has 0 saturated heterocycles. The van der Waals surface area contributed by atoms with Crippen molar-refractivity contribution in [1.82, 2.24) is 14.8 Å². The topological polar surface area (TPSA) is 69.0 Å². The molecular formula is C25H26N4O2. The molecule has 5 rings (SSSR count). The second kappa shape index (κ2) is 7.08. The lowest BCUT2D eigenvalue weighted by molar-refractivity contribution is -0.118. The molecular weight excluding hydrogens is 388 g/mol. The highest BCUT2D eigenvalue weighted by atomic mass is 16.5. The average molecular weight is 415 g/mol. The molecule has 6 nitrogen and oxygen atoms in total. The Morgan fingerprint density at radius 2 is 1.94 bits per heavy atom. The highest BCUT2D eigenvalue weighted by Gasteiger charge is 2.42. The minimum Gasteiger partial charge on any atom is -0.497 e. The Hall–Kier alpha value is -3.41. The molecule has 2 heterocycles. The molecule has 1 atom stereocenters. The van der Waals surface area contributed by atoms with Gasteiger partial charge in [-0.25, -0.2) is 4.68 Å². The molecule has 2 aliphatic rings. The molecule has 0 radical (unpaired) electrons. The lowest BCUT2D eigenvalue weighted by Gasteiger charge is -2.38. The average Bonchev–Trinajstić information content (AvgIpc) is 3.15. The Morgan fingerprint density at radius 1 is 1.13 bits per heavy atom. The molecule has 2 aromatic carbocycles. The molecule has 0 amide bonds. The molecule has 1 aromatic heterocycles. The third kappa shape index (κ3) is 3.42. The van der Waals surface area contributed by atoms with Gasteiger partial charge in [0, 0.05) is 23.3 Å². The van der Waals surface area contributed by atoms with Crippen molar-refractivity contribution in [3.63, 3.8) is 0 Å². The van der Waals surface area contributed by atoms with Crippen LogP contribution in [0.1, 0.15) is 43.9 Å². The van der Waals surface area contributed by atoms with Crippen LogP contribution < -0.4 is 10.1 Å². The van der Waals surface area contributed by atoms with Crippen molar-refractivity contribution in [3.8, 4) is 17.1 Å². The summed E-state index contributed by atoms with van der Waals surface area (Å²) in [5.74, 6) is 2.21. The number of carbonyl (C=O) groups excluding carboxylic acids is 1. The Labute approximate surface area is 182 Å². The van der Waals surface area contributed by atoms with Crippen LogP contribution in [0.5, 0.6) is 5.75 Å². The van der Waals surface area contributed by atoms with Gasteiger partial charge in [-0.15, -0.1) is 5.10 Å². The van der Waals surface area contributed by atoms with E-state index in [1.165, 1.54) is 0 Å². The van der Waals surface area contributed by atoms with Gasteiger partial charge in [-0.1, -0.05) is 49.7 Å².